The van der Waals surface area contributed by atoms with Gasteiger partial charge in [0.05, 0.1) is 0 Å². The number of hydrogen-bond donors (Lipinski definition) is 2. The Kier molecular flexibility index (Phi) is 8.60. The second-order valence-corrected chi connectivity index (χ2v) is 7.93. The van der Waals surface area contributed by atoms with Crippen molar-refractivity contribution in [3.63, 3.8) is 0 Å². The van der Waals surface area contributed by atoms with E-state index >= 15 is 0 Å². The van der Waals surface area contributed by atoms with Gasteiger partial charge in [-0.1, -0.05) is 24.1 Å². The van der Waals surface area contributed by atoms with Gasteiger partial charge in [-0.3, -0.25) is 4.79 Å². The molecule has 2 fully saturated rings. The maximum Gasteiger partial charge on any atom is 0.243 e. The van der Waals surface area contributed by atoms with E-state index in [0.29, 0.717) is 11.2 Å². The largest absolute Gasteiger partial charge is 0.356 e. The van der Waals surface area contributed by atoms with Gasteiger partial charge in [-0.15, -0.1) is 24.0 Å². The highest BCUT2D eigenvalue weighted by Gasteiger charge is 2.39. The average Bonchev–Trinajstić information content (AvgIpc) is 3.23. The fourth-order valence-electron chi connectivity index (χ4n) is 3.92. The summed E-state index contributed by atoms with van der Waals surface area (Å²) >= 11 is 5.83. The van der Waals surface area contributed by atoms with Crippen molar-refractivity contribution in [3.05, 3.63) is 29.0 Å². The Labute approximate surface area is 183 Å². The Morgan fingerprint density at radius 1 is 1.33 bits per heavy atom. The molecule has 150 valence electrons. The normalized spacial score (nSPS) is 23.7. The summed E-state index contributed by atoms with van der Waals surface area (Å²) in [4.78, 5) is 22.1. The topological polar surface area (TPSA) is 69.6 Å². The maximum atomic E-state index is 11.9. The van der Waals surface area contributed by atoms with E-state index in [1.54, 1.807) is 31.3 Å². The van der Waals surface area contributed by atoms with E-state index in [0.717, 1.165) is 36.3 Å². The number of hydrogen-bond acceptors (Lipinski definition) is 3. The summed E-state index contributed by atoms with van der Waals surface area (Å²) in [6, 6.07) is 4.26. The number of likely N-dealkylation sites (N-methyl/N-ethyl adjacent to an activating group) is 1. The minimum atomic E-state index is 0. The van der Waals surface area contributed by atoms with Crippen LogP contribution in [-0.4, -0.2) is 55.0 Å². The van der Waals surface area contributed by atoms with Crippen molar-refractivity contribution in [2.75, 3.05) is 27.2 Å². The Morgan fingerprint density at radius 2 is 2.15 bits per heavy atom. The number of aliphatic imine (C=N–C) groups is 1. The molecule has 3 atom stereocenters. The third-order valence-electron chi connectivity index (χ3n) is 5.43. The van der Waals surface area contributed by atoms with Crippen molar-refractivity contribution in [2.24, 2.45) is 16.8 Å². The van der Waals surface area contributed by atoms with Crippen molar-refractivity contribution in [3.8, 4) is 0 Å². The molecule has 2 N–H and O–H groups in total. The molecule has 27 heavy (non-hydrogen) atoms. The smallest absolute Gasteiger partial charge is 0.243 e. The second kappa shape index (κ2) is 10.5. The predicted octanol–water partition coefficient (Wildman–Crippen LogP) is 2.71. The molecule has 2 aliphatic rings. The highest BCUT2D eigenvalue weighted by atomic mass is 127. The summed E-state index contributed by atoms with van der Waals surface area (Å²) in [5.74, 6) is 2.35. The SMILES string of the molecule is CN(C)C(=O)CN=C(NCCc1ccc(Cl)nc1)NC1CC2CCC1C2.I. The number of halogens is 2. The van der Waals surface area contributed by atoms with Crippen LogP contribution in [0.25, 0.3) is 0 Å². The molecule has 0 radical (unpaired) electrons. The molecule has 0 spiro atoms. The lowest BCUT2D eigenvalue weighted by atomic mass is 9.95. The molecule has 0 aromatic carbocycles. The molecular formula is C19H29ClIN5O. The first-order valence-electron chi connectivity index (χ1n) is 9.36. The van der Waals surface area contributed by atoms with Crippen LogP contribution in [0.2, 0.25) is 5.15 Å². The van der Waals surface area contributed by atoms with Crippen LogP contribution in [0.3, 0.4) is 0 Å². The first-order valence-corrected chi connectivity index (χ1v) is 9.74. The van der Waals surface area contributed by atoms with Gasteiger partial charge in [0.2, 0.25) is 5.91 Å². The monoisotopic (exact) mass is 505 g/mol. The van der Waals surface area contributed by atoms with Crippen molar-refractivity contribution in [2.45, 2.75) is 38.1 Å². The van der Waals surface area contributed by atoms with Crippen LogP contribution >= 0.6 is 35.6 Å². The van der Waals surface area contributed by atoms with Crippen LogP contribution in [0.5, 0.6) is 0 Å². The lowest BCUT2D eigenvalue weighted by Gasteiger charge is -2.25. The molecule has 6 nitrogen and oxygen atoms in total. The second-order valence-electron chi connectivity index (χ2n) is 7.54. The number of guanidine groups is 1. The minimum Gasteiger partial charge on any atom is -0.356 e. The maximum absolute atomic E-state index is 11.9. The van der Waals surface area contributed by atoms with Gasteiger partial charge in [0.25, 0.3) is 0 Å². The Bertz CT molecular complexity index is 652. The first kappa shape index (κ1) is 22.2. The number of nitrogens with one attached hydrogen (secondary N) is 2. The van der Waals surface area contributed by atoms with E-state index in [-0.39, 0.29) is 36.4 Å². The number of carbonyl (C=O) groups excluding carboxylic acids is 1. The average molecular weight is 506 g/mol. The third-order valence-corrected chi connectivity index (χ3v) is 5.65. The summed E-state index contributed by atoms with van der Waals surface area (Å²) in [6.07, 6.45) is 7.84. The van der Waals surface area contributed by atoms with Gasteiger partial charge in [-0.2, -0.15) is 0 Å². The Hall–Kier alpha value is -1.09. The molecule has 1 aromatic heterocycles. The van der Waals surface area contributed by atoms with Crippen LogP contribution in [0.4, 0.5) is 0 Å². The van der Waals surface area contributed by atoms with E-state index in [1.165, 1.54) is 25.7 Å². The quantitative estimate of drug-likeness (QED) is 0.270. The van der Waals surface area contributed by atoms with Gasteiger partial charge in [0.15, 0.2) is 5.96 Å². The van der Waals surface area contributed by atoms with Gasteiger partial charge in [0, 0.05) is 32.9 Å². The number of amides is 1. The zero-order chi connectivity index (χ0) is 18.5. The van der Waals surface area contributed by atoms with Crippen molar-refractivity contribution in [1.82, 2.24) is 20.5 Å². The molecule has 2 aliphatic carbocycles. The summed E-state index contributed by atoms with van der Waals surface area (Å²) in [5, 5.41) is 7.44. The fraction of sp³-hybridized carbons (Fsp3) is 0.632. The summed E-state index contributed by atoms with van der Waals surface area (Å²) in [5.41, 5.74) is 1.12. The van der Waals surface area contributed by atoms with Crippen LogP contribution in [0.15, 0.2) is 23.3 Å². The van der Waals surface area contributed by atoms with E-state index in [4.69, 9.17) is 11.6 Å². The zero-order valence-corrected chi connectivity index (χ0v) is 19.0. The lowest BCUT2D eigenvalue weighted by molar-refractivity contribution is -0.127. The van der Waals surface area contributed by atoms with E-state index in [2.05, 4.69) is 20.6 Å². The molecule has 0 aliphatic heterocycles. The van der Waals surface area contributed by atoms with Crippen molar-refractivity contribution >= 4 is 47.4 Å². The molecule has 3 unspecified atom stereocenters. The Morgan fingerprint density at radius 3 is 2.74 bits per heavy atom. The molecule has 1 amide bonds. The van der Waals surface area contributed by atoms with Gasteiger partial charge in [-0.25, -0.2) is 9.98 Å². The zero-order valence-electron chi connectivity index (χ0n) is 15.9. The lowest BCUT2D eigenvalue weighted by Crippen LogP contribution is -2.46. The Balaban J connectivity index is 0.00000261. The molecule has 2 bridgehead atoms. The van der Waals surface area contributed by atoms with Crippen LogP contribution < -0.4 is 10.6 Å². The molecule has 1 aromatic rings. The summed E-state index contributed by atoms with van der Waals surface area (Å²) < 4.78 is 0. The number of rotatable bonds is 6. The van der Waals surface area contributed by atoms with E-state index in [1.807, 2.05) is 6.07 Å². The molecule has 1 heterocycles. The number of aromatic nitrogens is 1. The number of fused-ring (bicyclic) bond motifs is 2. The van der Waals surface area contributed by atoms with E-state index in [9.17, 15) is 4.79 Å². The number of carbonyl (C=O) groups is 1. The highest BCUT2D eigenvalue weighted by Crippen LogP contribution is 2.44. The molecule has 0 saturated heterocycles. The van der Waals surface area contributed by atoms with Crippen LogP contribution in [0, 0.1) is 11.8 Å². The third kappa shape index (κ3) is 6.48. The minimum absolute atomic E-state index is 0. The van der Waals surface area contributed by atoms with Crippen LogP contribution in [0.1, 0.15) is 31.2 Å². The van der Waals surface area contributed by atoms with Gasteiger partial charge in [0.1, 0.15) is 11.7 Å². The molecule has 3 rings (SSSR count). The van der Waals surface area contributed by atoms with Crippen molar-refractivity contribution in [1.29, 1.82) is 0 Å². The van der Waals surface area contributed by atoms with Gasteiger partial charge in [-0.05, 0) is 49.1 Å². The van der Waals surface area contributed by atoms with E-state index < -0.39 is 0 Å². The van der Waals surface area contributed by atoms with Crippen LogP contribution in [-0.2, 0) is 11.2 Å². The molecular weight excluding hydrogens is 477 g/mol. The molecule has 2 saturated carbocycles. The standard InChI is InChI=1S/C19H28ClN5O.HI/c1-25(2)18(26)12-23-19(24-16-10-14-3-5-15(16)9-14)21-8-7-13-4-6-17(20)22-11-13;/h4,6,11,14-16H,3,5,7-10,12H2,1-2H3,(H2,21,23,24);1H. The first-order chi connectivity index (χ1) is 12.5. The summed E-state index contributed by atoms with van der Waals surface area (Å²) in [7, 11) is 3.50. The number of nitrogens with zero attached hydrogens (tertiary/aromatic N) is 3. The predicted molar refractivity (Wildman–Crippen MR) is 120 cm³/mol. The molecule has 8 heteroatoms. The fourth-order valence-corrected chi connectivity index (χ4v) is 4.03. The number of pyridine rings is 1. The van der Waals surface area contributed by atoms with Crippen molar-refractivity contribution < 1.29 is 4.79 Å². The van der Waals surface area contributed by atoms with Gasteiger partial charge >= 0.3 is 0 Å². The summed E-state index contributed by atoms with van der Waals surface area (Å²) in [6.45, 7) is 0.887. The van der Waals surface area contributed by atoms with Gasteiger partial charge < -0.3 is 15.5 Å². The highest BCUT2D eigenvalue weighted by molar-refractivity contribution is 14.0.